The summed E-state index contributed by atoms with van der Waals surface area (Å²) in [5.41, 5.74) is 6.33. The van der Waals surface area contributed by atoms with E-state index in [4.69, 9.17) is 0 Å². The minimum Gasteiger partial charge on any atom is -0.405 e. The predicted octanol–water partition coefficient (Wildman–Crippen LogP) is 5.45. The Morgan fingerprint density at radius 2 is 1.35 bits per heavy atom. The highest BCUT2D eigenvalue weighted by atomic mass is 127. The summed E-state index contributed by atoms with van der Waals surface area (Å²) in [5.74, 6) is 0. The zero-order valence-corrected chi connectivity index (χ0v) is 16.9. The van der Waals surface area contributed by atoms with E-state index in [1.165, 1.54) is 53.1 Å². The number of fused-ring (bicyclic) bond motifs is 1. The lowest BCUT2D eigenvalue weighted by Gasteiger charge is -2.27. The van der Waals surface area contributed by atoms with Crippen LogP contribution in [0.2, 0.25) is 0 Å². The van der Waals surface area contributed by atoms with E-state index in [1.807, 2.05) is 0 Å². The maximum Gasteiger partial charge on any atom is 0.407 e. The monoisotopic (exact) mass is 448 g/mol. The Hall–Kier alpha value is -2.21. The summed E-state index contributed by atoms with van der Waals surface area (Å²) in [5, 5.41) is 12.6. The molecule has 2 nitrogen and oxygen atoms in total. The number of hydrogen-bond acceptors (Lipinski definition) is 2. The zero-order chi connectivity index (χ0) is 17.8. The molecular weight excluding hydrogens is 430 g/mol. The Morgan fingerprint density at radius 3 is 1.96 bits per heavy atom. The van der Waals surface area contributed by atoms with Gasteiger partial charge in [0.2, 0.25) is 0 Å². The molecule has 1 aliphatic rings. The average molecular weight is 448 g/mol. The summed E-state index contributed by atoms with van der Waals surface area (Å²) in [6.07, 6.45) is 0. The van der Waals surface area contributed by atoms with Crippen molar-refractivity contribution in [1.82, 2.24) is 0 Å². The van der Waals surface area contributed by atoms with E-state index in [2.05, 4.69) is 108 Å². The topological polar surface area (TPSA) is 24.1 Å². The van der Waals surface area contributed by atoms with Crippen LogP contribution in [0, 0.1) is 17.4 Å². The van der Waals surface area contributed by atoms with Crippen LogP contribution >= 0.6 is 22.6 Å². The van der Waals surface area contributed by atoms with Gasteiger partial charge in [0.1, 0.15) is 0 Å². The first-order chi connectivity index (χ1) is 12.6. The summed E-state index contributed by atoms with van der Waals surface area (Å²) in [6.45, 7) is 4.44. The second-order valence-corrected chi connectivity index (χ2v) is 8.21. The van der Waals surface area contributed by atoms with Gasteiger partial charge in [-0.15, -0.1) is 0 Å². The van der Waals surface area contributed by atoms with Crippen LogP contribution in [0.25, 0.3) is 21.5 Å². The molecule has 2 N–H and O–H groups in total. The maximum atomic E-state index is 3.70. The van der Waals surface area contributed by atoms with Crippen LogP contribution in [0.3, 0.4) is 0 Å². The second kappa shape index (κ2) is 5.91. The number of benzene rings is 4. The SMILES string of the molecule is Cc1ccc(C)c2cc(B3Nc4cccc5cccc(c45)N3)c(I)cc12. The number of aryl methyl sites for hydroxylation is 2. The first-order valence-electron chi connectivity index (χ1n) is 8.86. The van der Waals surface area contributed by atoms with E-state index in [-0.39, 0.29) is 6.98 Å². The van der Waals surface area contributed by atoms with Crippen LogP contribution in [0.4, 0.5) is 11.4 Å². The van der Waals surface area contributed by atoms with Crippen LogP contribution in [-0.2, 0) is 0 Å². The molecule has 0 saturated heterocycles. The summed E-state index contributed by atoms with van der Waals surface area (Å²) in [4.78, 5) is 0. The van der Waals surface area contributed by atoms with Gasteiger partial charge in [-0.1, -0.05) is 42.5 Å². The van der Waals surface area contributed by atoms with E-state index in [0.717, 1.165) is 0 Å². The summed E-state index contributed by atoms with van der Waals surface area (Å²) < 4.78 is 1.28. The van der Waals surface area contributed by atoms with E-state index < -0.39 is 0 Å². The highest BCUT2D eigenvalue weighted by molar-refractivity contribution is 14.1. The van der Waals surface area contributed by atoms with Crippen molar-refractivity contribution >= 4 is 68.0 Å². The number of halogens is 1. The predicted molar refractivity (Wildman–Crippen MR) is 123 cm³/mol. The third-order valence-corrected chi connectivity index (χ3v) is 6.32. The third-order valence-electron chi connectivity index (χ3n) is 5.39. The lowest BCUT2D eigenvalue weighted by atomic mass is 9.65. The summed E-state index contributed by atoms with van der Waals surface area (Å²) in [7, 11) is 0. The average Bonchev–Trinajstić information content (AvgIpc) is 2.65. The molecule has 0 unspecified atom stereocenters. The lowest BCUT2D eigenvalue weighted by molar-refractivity contribution is 1.46. The molecule has 4 aromatic rings. The van der Waals surface area contributed by atoms with Crippen LogP contribution in [-0.4, -0.2) is 6.98 Å². The normalized spacial score (nSPS) is 13.0. The molecule has 0 saturated carbocycles. The van der Waals surface area contributed by atoms with Crippen molar-refractivity contribution in [3.63, 3.8) is 0 Å². The van der Waals surface area contributed by atoms with Crippen molar-refractivity contribution < 1.29 is 0 Å². The van der Waals surface area contributed by atoms with Crippen molar-refractivity contribution in [1.29, 1.82) is 0 Å². The van der Waals surface area contributed by atoms with Crippen LogP contribution in [0.5, 0.6) is 0 Å². The molecule has 0 amide bonds. The number of anilines is 2. The highest BCUT2D eigenvalue weighted by Gasteiger charge is 2.27. The molecule has 0 radical (unpaired) electrons. The maximum absolute atomic E-state index is 3.70. The Kier molecular flexibility index (Phi) is 3.64. The largest absolute Gasteiger partial charge is 0.407 e. The van der Waals surface area contributed by atoms with Crippen LogP contribution in [0.15, 0.2) is 60.7 Å². The molecular formula is C22H18BIN2. The van der Waals surface area contributed by atoms with Gasteiger partial charge >= 0.3 is 6.98 Å². The Bertz CT molecular complexity index is 1150. The number of hydrogen-bond donors (Lipinski definition) is 2. The Balaban J connectivity index is 1.68. The van der Waals surface area contributed by atoms with Gasteiger partial charge in [0.15, 0.2) is 0 Å². The van der Waals surface area contributed by atoms with Crippen LogP contribution in [0.1, 0.15) is 11.1 Å². The second-order valence-electron chi connectivity index (χ2n) is 7.05. The molecule has 126 valence electrons. The molecule has 0 aliphatic carbocycles. The quantitative estimate of drug-likeness (QED) is 0.299. The molecule has 0 aromatic heterocycles. The number of nitrogens with one attached hydrogen (secondary N) is 2. The third kappa shape index (κ3) is 2.39. The van der Waals surface area contributed by atoms with E-state index >= 15 is 0 Å². The number of rotatable bonds is 1. The fourth-order valence-electron chi connectivity index (χ4n) is 3.98. The minimum absolute atomic E-state index is 0.0618. The van der Waals surface area contributed by atoms with Gasteiger partial charge in [0, 0.05) is 20.3 Å². The zero-order valence-electron chi connectivity index (χ0n) is 14.7. The first-order valence-corrected chi connectivity index (χ1v) is 9.94. The summed E-state index contributed by atoms with van der Waals surface area (Å²) in [6, 6.07) is 22.0. The van der Waals surface area contributed by atoms with E-state index in [0.29, 0.717) is 0 Å². The Labute approximate surface area is 167 Å². The van der Waals surface area contributed by atoms with Gasteiger partial charge in [-0.2, -0.15) is 0 Å². The first kappa shape index (κ1) is 16.0. The molecule has 1 aliphatic heterocycles. The standard InChI is InChI=1S/C22H18BIN2/c1-13-9-10-14(2)17-12-19(24)18(11-16(13)17)23-25-20-7-3-5-15-6-4-8-21(26-23)22(15)20/h3-12,25-26H,1-2H3. The van der Waals surface area contributed by atoms with Crippen molar-refractivity contribution in [2.75, 3.05) is 10.5 Å². The van der Waals surface area contributed by atoms with Gasteiger partial charge in [0.05, 0.1) is 0 Å². The van der Waals surface area contributed by atoms with Gasteiger partial charge in [-0.3, -0.25) is 0 Å². The smallest absolute Gasteiger partial charge is 0.405 e. The molecule has 26 heavy (non-hydrogen) atoms. The molecule has 0 atom stereocenters. The minimum atomic E-state index is 0.0618. The Morgan fingerprint density at radius 1 is 0.769 bits per heavy atom. The van der Waals surface area contributed by atoms with Crippen LogP contribution < -0.4 is 15.9 Å². The molecule has 4 aromatic carbocycles. The molecule has 0 fully saturated rings. The molecule has 4 heteroatoms. The van der Waals surface area contributed by atoms with Gasteiger partial charge in [-0.25, -0.2) is 0 Å². The highest BCUT2D eigenvalue weighted by Crippen LogP contribution is 2.34. The fraction of sp³-hybridized carbons (Fsp3) is 0.0909. The van der Waals surface area contributed by atoms with Crippen molar-refractivity contribution in [2.24, 2.45) is 0 Å². The van der Waals surface area contributed by atoms with Gasteiger partial charge in [-0.05, 0) is 87.4 Å². The summed E-state index contributed by atoms with van der Waals surface area (Å²) >= 11 is 2.47. The lowest BCUT2D eigenvalue weighted by Crippen LogP contribution is -2.49. The molecule has 0 bridgehead atoms. The van der Waals surface area contributed by atoms with E-state index in [9.17, 15) is 0 Å². The molecule has 1 heterocycles. The van der Waals surface area contributed by atoms with Gasteiger partial charge < -0.3 is 10.5 Å². The molecule has 0 spiro atoms. The van der Waals surface area contributed by atoms with E-state index in [1.54, 1.807) is 0 Å². The van der Waals surface area contributed by atoms with Crippen molar-refractivity contribution in [3.8, 4) is 0 Å². The molecule has 5 rings (SSSR count). The van der Waals surface area contributed by atoms with Crippen molar-refractivity contribution in [3.05, 3.63) is 75.4 Å². The fourth-order valence-corrected chi connectivity index (χ4v) is 4.76. The van der Waals surface area contributed by atoms with Gasteiger partial charge in [0.25, 0.3) is 0 Å². The van der Waals surface area contributed by atoms with Crippen molar-refractivity contribution in [2.45, 2.75) is 13.8 Å².